The van der Waals surface area contributed by atoms with Crippen molar-refractivity contribution in [3.63, 3.8) is 0 Å². The van der Waals surface area contributed by atoms with Crippen LogP contribution in [0.3, 0.4) is 0 Å². The quantitative estimate of drug-likeness (QED) is 0.871. The first-order chi connectivity index (χ1) is 9.83. The third-order valence-corrected chi connectivity index (χ3v) is 3.38. The molecule has 3 N–H and O–H groups in total. The number of nitrogens with one attached hydrogen (secondary N) is 1. The predicted octanol–water partition coefficient (Wildman–Crippen LogP) is 2.83. The third-order valence-electron chi connectivity index (χ3n) is 2.88. The van der Waals surface area contributed by atoms with Crippen LogP contribution in [0.15, 0.2) is 40.9 Å². The molecule has 4 nitrogen and oxygen atoms in total. The SMILES string of the molecule is CC(C)(N)CNC(=O)COc1ccc2cc(Br)ccc2c1. The molecule has 2 aromatic carbocycles. The minimum absolute atomic E-state index is 0.0158. The molecule has 0 radical (unpaired) electrons. The van der Waals surface area contributed by atoms with Crippen molar-refractivity contribution < 1.29 is 9.53 Å². The highest BCUT2D eigenvalue weighted by Gasteiger charge is 2.12. The molecule has 0 saturated carbocycles. The monoisotopic (exact) mass is 350 g/mol. The van der Waals surface area contributed by atoms with Crippen LogP contribution < -0.4 is 15.8 Å². The molecule has 0 heterocycles. The molecule has 5 heteroatoms. The second kappa shape index (κ2) is 6.45. The molecule has 0 aromatic heterocycles. The number of fused-ring (bicyclic) bond motifs is 1. The van der Waals surface area contributed by atoms with E-state index in [1.54, 1.807) is 0 Å². The Balaban J connectivity index is 1.94. The van der Waals surface area contributed by atoms with Gasteiger partial charge in [-0.3, -0.25) is 4.79 Å². The maximum Gasteiger partial charge on any atom is 0.258 e. The van der Waals surface area contributed by atoms with Gasteiger partial charge in [0.25, 0.3) is 5.91 Å². The van der Waals surface area contributed by atoms with Crippen LogP contribution in [0, 0.1) is 0 Å². The molecule has 0 aliphatic heterocycles. The number of amides is 1. The second-order valence-electron chi connectivity index (χ2n) is 5.71. The van der Waals surface area contributed by atoms with Crippen molar-refractivity contribution in [2.75, 3.05) is 13.2 Å². The van der Waals surface area contributed by atoms with E-state index in [0.29, 0.717) is 12.3 Å². The lowest BCUT2D eigenvalue weighted by Crippen LogP contribution is -2.46. The molecule has 0 fully saturated rings. The summed E-state index contributed by atoms with van der Waals surface area (Å²) in [5.41, 5.74) is 5.38. The summed E-state index contributed by atoms with van der Waals surface area (Å²) >= 11 is 3.44. The smallest absolute Gasteiger partial charge is 0.258 e. The van der Waals surface area contributed by atoms with E-state index in [1.165, 1.54) is 0 Å². The van der Waals surface area contributed by atoms with Gasteiger partial charge in [-0.25, -0.2) is 0 Å². The van der Waals surface area contributed by atoms with E-state index in [-0.39, 0.29) is 12.5 Å². The van der Waals surface area contributed by atoms with Crippen LogP contribution in [0.25, 0.3) is 10.8 Å². The lowest BCUT2D eigenvalue weighted by atomic mass is 10.1. The highest BCUT2D eigenvalue weighted by atomic mass is 79.9. The van der Waals surface area contributed by atoms with Crippen molar-refractivity contribution in [2.45, 2.75) is 19.4 Å². The van der Waals surface area contributed by atoms with E-state index < -0.39 is 5.54 Å². The van der Waals surface area contributed by atoms with Crippen LogP contribution in [0.4, 0.5) is 0 Å². The van der Waals surface area contributed by atoms with Gasteiger partial charge >= 0.3 is 0 Å². The number of rotatable bonds is 5. The topological polar surface area (TPSA) is 64.3 Å². The largest absolute Gasteiger partial charge is 0.484 e. The summed E-state index contributed by atoms with van der Waals surface area (Å²) in [4.78, 5) is 11.7. The number of nitrogens with two attached hydrogens (primary N) is 1. The highest BCUT2D eigenvalue weighted by molar-refractivity contribution is 9.10. The first-order valence-electron chi connectivity index (χ1n) is 6.71. The summed E-state index contributed by atoms with van der Waals surface area (Å²) in [5, 5.41) is 4.93. The Bertz CT molecular complexity index is 650. The zero-order valence-corrected chi connectivity index (χ0v) is 13.7. The molecular weight excluding hydrogens is 332 g/mol. The number of halogens is 1. The average molecular weight is 351 g/mol. The maximum absolute atomic E-state index is 11.7. The van der Waals surface area contributed by atoms with Gasteiger partial charge in [0.1, 0.15) is 5.75 Å². The fourth-order valence-corrected chi connectivity index (χ4v) is 2.19. The van der Waals surface area contributed by atoms with Gasteiger partial charge in [-0.2, -0.15) is 0 Å². The fourth-order valence-electron chi connectivity index (χ4n) is 1.81. The third kappa shape index (κ3) is 5.02. The molecule has 0 unspecified atom stereocenters. The molecule has 1 amide bonds. The zero-order chi connectivity index (χ0) is 15.5. The first-order valence-corrected chi connectivity index (χ1v) is 7.50. The molecule has 21 heavy (non-hydrogen) atoms. The van der Waals surface area contributed by atoms with E-state index in [9.17, 15) is 4.79 Å². The molecule has 2 aromatic rings. The Morgan fingerprint density at radius 3 is 2.62 bits per heavy atom. The molecule has 0 spiro atoms. The Labute approximate surface area is 132 Å². The molecule has 0 saturated heterocycles. The number of hydrogen-bond acceptors (Lipinski definition) is 3. The summed E-state index contributed by atoms with van der Waals surface area (Å²) < 4.78 is 6.54. The molecular formula is C16H19BrN2O2. The predicted molar refractivity (Wildman–Crippen MR) is 88.4 cm³/mol. The zero-order valence-electron chi connectivity index (χ0n) is 12.2. The number of ether oxygens (including phenoxy) is 1. The van der Waals surface area contributed by atoms with Crippen molar-refractivity contribution in [1.82, 2.24) is 5.32 Å². The first kappa shape index (κ1) is 15.8. The number of hydrogen-bond donors (Lipinski definition) is 2. The molecule has 2 rings (SSSR count). The van der Waals surface area contributed by atoms with Gasteiger partial charge in [-0.15, -0.1) is 0 Å². The van der Waals surface area contributed by atoms with Gasteiger partial charge in [-0.05, 0) is 48.9 Å². The van der Waals surface area contributed by atoms with Gasteiger partial charge in [0.15, 0.2) is 6.61 Å². The Morgan fingerprint density at radius 1 is 1.24 bits per heavy atom. The van der Waals surface area contributed by atoms with Crippen LogP contribution >= 0.6 is 15.9 Å². The highest BCUT2D eigenvalue weighted by Crippen LogP contribution is 2.24. The summed E-state index contributed by atoms with van der Waals surface area (Å²) in [7, 11) is 0. The molecule has 0 bridgehead atoms. The van der Waals surface area contributed by atoms with Gasteiger partial charge in [-0.1, -0.05) is 28.1 Å². The van der Waals surface area contributed by atoms with E-state index in [1.807, 2.05) is 50.2 Å². The van der Waals surface area contributed by atoms with Crippen LogP contribution in [0.5, 0.6) is 5.75 Å². The average Bonchev–Trinajstić information content (AvgIpc) is 2.42. The van der Waals surface area contributed by atoms with Gasteiger partial charge in [0.2, 0.25) is 0 Å². The number of benzene rings is 2. The van der Waals surface area contributed by atoms with Crippen molar-refractivity contribution in [2.24, 2.45) is 5.73 Å². The van der Waals surface area contributed by atoms with Crippen molar-refractivity contribution in [3.8, 4) is 5.75 Å². The summed E-state index contributed by atoms with van der Waals surface area (Å²) in [6, 6.07) is 11.8. The Kier molecular flexibility index (Phi) is 4.85. The molecule has 0 aliphatic rings. The van der Waals surface area contributed by atoms with E-state index >= 15 is 0 Å². The number of carbonyl (C=O) groups excluding carboxylic acids is 1. The minimum Gasteiger partial charge on any atom is -0.484 e. The van der Waals surface area contributed by atoms with Crippen molar-refractivity contribution in [1.29, 1.82) is 0 Å². The maximum atomic E-state index is 11.7. The van der Waals surface area contributed by atoms with Crippen molar-refractivity contribution >= 4 is 32.6 Å². The van der Waals surface area contributed by atoms with E-state index in [2.05, 4.69) is 21.2 Å². The van der Waals surface area contributed by atoms with Gasteiger partial charge in [0.05, 0.1) is 0 Å². The summed E-state index contributed by atoms with van der Waals surface area (Å²) in [6.45, 7) is 4.12. The normalized spacial score (nSPS) is 11.4. The van der Waals surface area contributed by atoms with E-state index in [0.717, 1.165) is 15.2 Å². The van der Waals surface area contributed by atoms with Crippen LogP contribution in [0.2, 0.25) is 0 Å². The van der Waals surface area contributed by atoms with Gasteiger partial charge in [0, 0.05) is 16.6 Å². The summed E-state index contributed by atoms with van der Waals surface area (Å²) in [6.07, 6.45) is 0. The Hall–Kier alpha value is -1.59. The van der Waals surface area contributed by atoms with Crippen LogP contribution in [-0.2, 0) is 4.79 Å². The second-order valence-corrected chi connectivity index (χ2v) is 6.62. The molecule has 0 atom stereocenters. The number of carbonyl (C=O) groups is 1. The minimum atomic E-state index is -0.425. The van der Waals surface area contributed by atoms with Crippen LogP contribution in [0.1, 0.15) is 13.8 Å². The van der Waals surface area contributed by atoms with Crippen LogP contribution in [-0.4, -0.2) is 24.6 Å². The summed E-state index contributed by atoms with van der Waals surface area (Å²) in [5.74, 6) is 0.497. The fraction of sp³-hybridized carbons (Fsp3) is 0.312. The van der Waals surface area contributed by atoms with E-state index in [4.69, 9.17) is 10.5 Å². The Morgan fingerprint density at radius 2 is 1.90 bits per heavy atom. The van der Waals surface area contributed by atoms with Crippen molar-refractivity contribution in [3.05, 3.63) is 40.9 Å². The molecule has 0 aliphatic carbocycles. The standard InChI is InChI=1S/C16H19BrN2O2/c1-16(2,18)10-19-15(20)9-21-14-6-4-11-7-13(17)5-3-12(11)8-14/h3-8H,9-10,18H2,1-2H3,(H,19,20). The lowest BCUT2D eigenvalue weighted by Gasteiger charge is -2.18. The van der Waals surface area contributed by atoms with Gasteiger partial charge < -0.3 is 15.8 Å². The molecule has 112 valence electrons. The lowest BCUT2D eigenvalue weighted by molar-refractivity contribution is -0.123.